The van der Waals surface area contributed by atoms with Crippen molar-refractivity contribution in [2.75, 3.05) is 27.2 Å². The number of hydrogen-bond acceptors (Lipinski definition) is 5. The van der Waals surface area contributed by atoms with Crippen molar-refractivity contribution in [3.8, 4) is 11.3 Å². The van der Waals surface area contributed by atoms with E-state index in [1.165, 1.54) is 11.9 Å². The van der Waals surface area contributed by atoms with Crippen molar-refractivity contribution in [1.82, 2.24) is 19.8 Å². The molecule has 0 saturated carbocycles. The molecule has 8 heteroatoms. The van der Waals surface area contributed by atoms with Crippen LogP contribution in [0, 0.1) is 6.92 Å². The highest BCUT2D eigenvalue weighted by molar-refractivity contribution is 7.21. The van der Waals surface area contributed by atoms with Crippen LogP contribution in [-0.4, -0.2) is 65.2 Å². The maximum absolute atomic E-state index is 12.9. The summed E-state index contributed by atoms with van der Waals surface area (Å²) in [4.78, 5) is 29.9. The van der Waals surface area contributed by atoms with E-state index in [0.29, 0.717) is 17.8 Å². The van der Waals surface area contributed by atoms with Gasteiger partial charge in [-0.2, -0.15) is 0 Å². The summed E-state index contributed by atoms with van der Waals surface area (Å²) >= 11 is 1.58. The zero-order chi connectivity index (χ0) is 21.6. The predicted octanol–water partition coefficient (Wildman–Crippen LogP) is 3.97. The molecule has 160 valence electrons. The maximum Gasteiger partial charge on any atom is 0.264 e. The summed E-state index contributed by atoms with van der Waals surface area (Å²) < 4.78 is 1.15. The number of pyridine rings is 1. The number of nitrogens with one attached hydrogen (secondary N) is 1. The lowest BCUT2D eigenvalue weighted by atomic mass is 9.99. The second-order valence-electron chi connectivity index (χ2n) is 8.39. The van der Waals surface area contributed by atoms with Gasteiger partial charge in [-0.15, -0.1) is 11.3 Å². The van der Waals surface area contributed by atoms with Crippen LogP contribution in [0.4, 0.5) is 5.82 Å². The molecule has 0 aliphatic carbocycles. The molecule has 30 heavy (non-hydrogen) atoms. The molecule has 0 radical (unpaired) electrons. The highest BCUT2D eigenvalue weighted by Gasteiger charge is 2.33. The van der Waals surface area contributed by atoms with Crippen molar-refractivity contribution in [1.29, 1.82) is 0 Å². The number of H-pyrrole nitrogens is 1. The summed E-state index contributed by atoms with van der Waals surface area (Å²) in [6.45, 7) is 7.92. The zero-order valence-electron chi connectivity index (χ0n) is 18.1. The highest BCUT2D eigenvalue weighted by Crippen LogP contribution is 2.40. The van der Waals surface area contributed by atoms with Gasteiger partial charge in [0.2, 0.25) is 0 Å². The number of hydrogen-bond donors (Lipinski definition) is 2. The smallest absolute Gasteiger partial charge is 0.264 e. The van der Waals surface area contributed by atoms with Gasteiger partial charge >= 0.3 is 0 Å². The van der Waals surface area contributed by atoms with E-state index in [2.05, 4.69) is 53.9 Å². The molecule has 3 N–H and O–H groups in total. The fourth-order valence-corrected chi connectivity index (χ4v) is 5.18. The Morgan fingerprint density at radius 1 is 1.43 bits per heavy atom. The SMILES string of the molecule is Cc1cc(-c2[nH]c3cc(C(=O)N4CC(N(C)C)C4)sc3c2C(C)C)cnc1N=CN.[HH]. The van der Waals surface area contributed by atoms with Crippen LogP contribution in [0.25, 0.3) is 21.5 Å². The number of amides is 1. The monoisotopic (exact) mass is 426 g/mol. The number of aromatic amines is 1. The number of aryl methyl sites for hydroxylation is 1. The third-order valence-electron chi connectivity index (χ3n) is 5.71. The number of thiophene rings is 1. The third-order valence-corrected chi connectivity index (χ3v) is 6.87. The van der Waals surface area contributed by atoms with E-state index in [9.17, 15) is 4.79 Å². The van der Waals surface area contributed by atoms with Crippen LogP contribution in [0.2, 0.25) is 0 Å². The molecule has 1 amide bonds. The van der Waals surface area contributed by atoms with E-state index in [1.54, 1.807) is 11.3 Å². The molecule has 1 aliphatic heterocycles. The molecule has 7 nitrogen and oxygen atoms in total. The molecule has 1 saturated heterocycles. The largest absolute Gasteiger partial charge is 0.390 e. The van der Waals surface area contributed by atoms with Gasteiger partial charge in [-0.25, -0.2) is 9.98 Å². The van der Waals surface area contributed by atoms with Gasteiger partial charge in [0.25, 0.3) is 5.91 Å². The fourth-order valence-electron chi connectivity index (χ4n) is 3.90. The Balaban J connectivity index is 0.00000272. The van der Waals surface area contributed by atoms with Gasteiger partial charge in [-0.3, -0.25) is 4.79 Å². The Kier molecular flexibility index (Phi) is 5.38. The van der Waals surface area contributed by atoms with Crippen molar-refractivity contribution in [2.24, 2.45) is 10.7 Å². The van der Waals surface area contributed by atoms with Crippen molar-refractivity contribution >= 4 is 39.6 Å². The first-order chi connectivity index (χ1) is 14.3. The molecule has 0 unspecified atom stereocenters. The number of likely N-dealkylation sites (N-methyl/N-ethyl adjacent to an activating group) is 1. The first-order valence-corrected chi connectivity index (χ1v) is 10.9. The summed E-state index contributed by atoms with van der Waals surface area (Å²) in [5.41, 5.74) is 10.7. The topological polar surface area (TPSA) is 90.6 Å². The molecule has 1 fully saturated rings. The molecule has 4 rings (SSSR count). The van der Waals surface area contributed by atoms with E-state index in [-0.39, 0.29) is 7.33 Å². The lowest BCUT2D eigenvalue weighted by molar-refractivity contribution is 0.0404. The minimum atomic E-state index is 0. The minimum Gasteiger partial charge on any atom is -0.390 e. The van der Waals surface area contributed by atoms with Crippen molar-refractivity contribution in [3.05, 3.63) is 34.3 Å². The van der Waals surface area contributed by atoms with E-state index in [0.717, 1.165) is 45.0 Å². The van der Waals surface area contributed by atoms with E-state index in [1.807, 2.05) is 24.1 Å². The van der Waals surface area contributed by atoms with Crippen LogP contribution in [0.5, 0.6) is 0 Å². The van der Waals surface area contributed by atoms with Gasteiger partial charge in [0.05, 0.1) is 27.1 Å². The number of likely N-dealkylation sites (tertiary alicyclic amines) is 1. The van der Waals surface area contributed by atoms with Crippen LogP contribution in [0.3, 0.4) is 0 Å². The number of aliphatic imine (C=N–C) groups is 1. The average molecular weight is 427 g/mol. The molecular weight excluding hydrogens is 396 g/mol. The molecular formula is C22H30N6OS. The molecule has 0 aromatic carbocycles. The molecule has 0 bridgehead atoms. The molecule has 0 atom stereocenters. The van der Waals surface area contributed by atoms with Gasteiger partial charge in [-0.05, 0) is 50.2 Å². The normalized spacial score (nSPS) is 15.1. The van der Waals surface area contributed by atoms with Crippen LogP contribution in [0.1, 0.15) is 42.0 Å². The number of nitrogens with two attached hydrogens (primary N) is 1. The minimum absolute atomic E-state index is 0. The Labute approximate surface area is 182 Å². The van der Waals surface area contributed by atoms with Gasteiger partial charge in [0, 0.05) is 32.3 Å². The Morgan fingerprint density at radius 2 is 2.17 bits per heavy atom. The van der Waals surface area contributed by atoms with Crippen LogP contribution in [0.15, 0.2) is 23.3 Å². The van der Waals surface area contributed by atoms with Crippen molar-refractivity contribution in [2.45, 2.75) is 32.7 Å². The van der Waals surface area contributed by atoms with Gasteiger partial charge in [0.1, 0.15) is 0 Å². The van der Waals surface area contributed by atoms with E-state index >= 15 is 0 Å². The highest BCUT2D eigenvalue weighted by atomic mass is 32.1. The number of carbonyl (C=O) groups is 1. The van der Waals surface area contributed by atoms with Gasteiger partial charge in [0.15, 0.2) is 5.82 Å². The fraction of sp³-hybridized carbons (Fsp3) is 0.409. The first kappa shape index (κ1) is 20.6. The second-order valence-corrected chi connectivity index (χ2v) is 9.44. The summed E-state index contributed by atoms with van der Waals surface area (Å²) in [5.74, 6) is 1.05. The number of fused-ring (bicyclic) bond motifs is 1. The van der Waals surface area contributed by atoms with Gasteiger partial charge < -0.3 is 20.5 Å². The molecule has 4 heterocycles. The standard InChI is InChI=1S/C22H28N6OS.H2/c1-12(2)18-19(14-6-13(3)21(24-8-14)25-11-23)26-16-7-17(30-20(16)18)22(29)28-9-15(10-28)27(4)5;/h6-8,11-12,15,26H,9-10H2,1-5H3,(H2,23,24,25);1H. The second kappa shape index (κ2) is 7.85. The number of carbonyl (C=O) groups excluding carboxylic acids is 1. The number of aromatic nitrogens is 2. The van der Waals surface area contributed by atoms with Gasteiger partial charge in [-0.1, -0.05) is 13.8 Å². The number of rotatable bonds is 5. The summed E-state index contributed by atoms with van der Waals surface area (Å²) in [6.07, 6.45) is 3.08. The van der Waals surface area contributed by atoms with E-state index in [4.69, 9.17) is 5.73 Å². The number of nitrogens with zero attached hydrogens (tertiary/aromatic N) is 4. The molecule has 3 aromatic rings. The Hall–Kier alpha value is -2.71. The summed E-state index contributed by atoms with van der Waals surface area (Å²) in [7, 11) is 4.12. The van der Waals surface area contributed by atoms with E-state index < -0.39 is 0 Å². The quantitative estimate of drug-likeness (QED) is 0.477. The Bertz CT molecular complexity index is 1130. The maximum atomic E-state index is 12.9. The molecule has 3 aromatic heterocycles. The van der Waals surface area contributed by atoms with Crippen LogP contribution < -0.4 is 5.73 Å². The summed E-state index contributed by atoms with van der Waals surface area (Å²) in [6, 6.07) is 4.52. The first-order valence-electron chi connectivity index (χ1n) is 10.1. The predicted molar refractivity (Wildman–Crippen MR) is 126 cm³/mol. The van der Waals surface area contributed by atoms with Crippen LogP contribution >= 0.6 is 11.3 Å². The zero-order valence-corrected chi connectivity index (χ0v) is 18.9. The molecule has 0 spiro atoms. The van der Waals surface area contributed by atoms with Crippen LogP contribution in [-0.2, 0) is 0 Å². The molecule has 1 aliphatic rings. The summed E-state index contributed by atoms with van der Waals surface area (Å²) in [5, 5.41) is 0. The van der Waals surface area contributed by atoms with Crippen molar-refractivity contribution < 1.29 is 6.22 Å². The van der Waals surface area contributed by atoms with Crippen molar-refractivity contribution in [3.63, 3.8) is 0 Å². The third kappa shape index (κ3) is 3.50. The lowest BCUT2D eigenvalue weighted by Gasteiger charge is -2.42. The lowest BCUT2D eigenvalue weighted by Crippen LogP contribution is -2.59. The average Bonchev–Trinajstić information content (AvgIpc) is 3.19. The Morgan fingerprint density at radius 3 is 2.77 bits per heavy atom.